The van der Waals surface area contributed by atoms with Gasteiger partial charge in [-0.1, -0.05) is 0 Å². The molecule has 0 saturated carbocycles. The zero-order valence-corrected chi connectivity index (χ0v) is 9.86. The number of rotatable bonds is 4. The van der Waals surface area contributed by atoms with Gasteiger partial charge in [0.05, 0.1) is 6.61 Å². The van der Waals surface area contributed by atoms with E-state index >= 15 is 0 Å². The van der Waals surface area contributed by atoms with Crippen LogP contribution in [0.25, 0.3) is 0 Å². The van der Waals surface area contributed by atoms with Gasteiger partial charge in [0.15, 0.2) is 0 Å². The molecule has 6 heteroatoms. The van der Waals surface area contributed by atoms with Gasteiger partial charge in [0.2, 0.25) is 5.95 Å². The van der Waals surface area contributed by atoms with Crippen molar-refractivity contribution >= 4 is 5.95 Å². The molecule has 1 aliphatic rings. The highest BCUT2D eigenvalue weighted by Gasteiger charge is 2.18. The predicted octanol–water partition coefficient (Wildman–Crippen LogP) is -0.208. The fourth-order valence-electron chi connectivity index (χ4n) is 1.85. The van der Waals surface area contributed by atoms with Gasteiger partial charge in [-0.25, -0.2) is 0 Å². The summed E-state index contributed by atoms with van der Waals surface area (Å²) in [7, 11) is 1.69. The zero-order chi connectivity index (χ0) is 11.4. The topological polar surface area (TPSA) is 66.1 Å². The quantitative estimate of drug-likeness (QED) is 0.742. The van der Waals surface area contributed by atoms with Gasteiger partial charge in [0, 0.05) is 39.2 Å². The van der Waals surface area contributed by atoms with E-state index in [4.69, 9.17) is 4.74 Å². The average molecular weight is 225 g/mol. The van der Waals surface area contributed by atoms with Crippen LogP contribution in [0.2, 0.25) is 0 Å². The first-order chi connectivity index (χ1) is 7.79. The Labute approximate surface area is 95.4 Å². The first-order valence-corrected chi connectivity index (χ1v) is 5.68. The first kappa shape index (κ1) is 11.3. The lowest BCUT2D eigenvalue weighted by atomic mass is 10.2. The van der Waals surface area contributed by atoms with Crippen molar-refractivity contribution in [2.24, 2.45) is 0 Å². The summed E-state index contributed by atoms with van der Waals surface area (Å²) in [6.07, 6.45) is 0.783. The van der Waals surface area contributed by atoms with Crippen molar-refractivity contribution < 1.29 is 4.74 Å². The second-order valence-electron chi connectivity index (χ2n) is 4.13. The highest BCUT2D eigenvalue weighted by molar-refractivity contribution is 5.30. The molecule has 0 unspecified atom stereocenters. The maximum Gasteiger partial charge on any atom is 0.244 e. The number of hydrogen-bond donors (Lipinski definition) is 2. The molecule has 1 aromatic rings. The van der Waals surface area contributed by atoms with Crippen LogP contribution < -0.4 is 10.2 Å². The molecule has 0 radical (unpaired) electrons. The van der Waals surface area contributed by atoms with Crippen molar-refractivity contribution in [1.29, 1.82) is 0 Å². The molecule has 2 rings (SSSR count). The first-order valence-electron chi connectivity index (χ1n) is 5.68. The Morgan fingerprint density at radius 3 is 3.19 bits per heavy atom. The molecular formula is C10H19N5O. The molecule has 0 bridgehead atoms. The van der Waals surface area contributed by atoms with Crippen molar-refractivity contribution in [1.82, 2.24) is 20.5 Å². The highest BCUT2D eigenvalue weighted by atomic mass is 16.5. The highest BCUT2D eigenvalue weighted by Crippen LogP contribution is 2.10. The Hall–Kier alpha value is -1.14. The largest absolute Gasteiger partial charge is 0.384 e. The third-order valence-electron chi connectivity index (χ3n) is 2.71. The van der Waals surface area contributed by atoms with Crippen LogP contribution in [0.15, 0.2) is 0 Å². The van der Waals surface area contributed by atoms with E-state index in [1.807, 2.05) is 0 Å². The monoisotopic (exact) mass is 225 g/mol. The number of aromatic amines is 1. The molecule has 1 atom stereocenters. The third kappa shape index (κ3) is 2.70. The third-order valence-corrected chi connectivity index (χ3v) is 2.71. The minimum Gasteiger partial charge on any atom is -0.384 e. The van der Waals surface area contributed by atoms with Crippen LogP contribution in [-0.4, -0.2) is 54.6 Å². The van der Waals surface area contributed by atoms with Gasteiger partial charge in [-0.05, 0) is 6.92 Å². The lowest BCUT2D eigenvalue weighted by Gasteiger charge is -2.30. The molecule has 1 aliphatic heterocycles. The molecule has 2 N–H and O–H groups in total. The van der Waals surface area contributed by atoms with E-state index in [0.29, 0.717) is 12.6 Å². The molecule has 0 aliphatic carbocycles. The molecule has 6 nitrogen and oxygen atoms in total. The Morgan fingerprint density at radius 1 is 1.56 bits per heavy atom. The summed E-state index contributed by atoms with van der Waals surface area (Å²) in [5.74, 6) is 1.70. The van der Waals surface area contributed by atoms with Crippen LogP contribution in [0.1, 0.15) is 12.7 Å². The summed E-state index contributed by atoms with van der Waals surface area (Å²) in [5, 5.41) is 10.6. The van der Waals surface area contributed by atoms with Crippen molar-refractivity contribution in [3.8, 4) is 0 Å². The molecule has 90 valence electrons. The van der Waals surface area contributed by atoms with Crippen LogP contribution in [0, 0.1) is 0 Å². The standard InChI is InChI=1S/C10H19N5O/c1-8-7-15(5-4-11-8)10-12-9(13-14-10)3-6-16-2/h8,11H,3-7H2,1-2H3,(H,12,13,14)/t8-/m1/s1. The van der Waals surface area contributed by atoms with Crippen LogP contribution in [0.3, 0.4) is 0 Å². The Morgan fingerprint density at radius 2 is 2.44 bits per heavy atom. The number of anilines is 1. The number of aromatic nitrogens is 3. The number of methoxy groups -OCH3 is 1. The van der Waals surface area contributed by atoms with E-state index in [1.54, 1.807) is 7.11 Å². The van der Waals surface area contributed by atoms with Gasteiger partial charge in [-0.2, -0.15) is 4.98 Å². The Bertz CT molecular complexity index is 327. The zero-order valence-electron chi connectivity index (χ0n) is 9.86. The van der Waals surface area contributed by atoms with Crippen LogP contribution in [0.4, 0.5) is 5.95 Å². The lowest BCUT2D eigenvalue weighted by molar-refractivity contribution is 0.200. The maximum atomic E-state index is 5.01. The van der Waals surface area contributed by atoms with E-state index in [9.17, 15) is 0 Å². The van der Waals surface area contributed by atoms with E-state index in [2.05, 4.69) is 32.3 Å². The van der Waals surface area contributed by atoms with Gasteiger partial charge in [0.1, 0.15) is 5.82 Å². The van der Waals surface area contributed by atoms with Gasteiger partial charge in [-0.15, -0.1) is 5.10 Å². The van der Waals surface area contributed by atoms with Crippen molar-refractivity contribution in [2.45, 2.75) is 19.4 Å². The second-order valence-corrected chi connectivity index (χ2v) is 4.13. The minimum atomic E-state index is 0.495. The molecule has 1 fully saturated rings. The summed E-state index contributed by atoms with van der Waals surface area (Å²) < 4.78 is 5.01. The smallest absolute Gasteiger partial charge is 0.244 e. The normalized spacial score (nSPS) is 21.4. The van der Waals surface area contributed by atoms with E-state index in [1.165, 1.54) is 0 Å². The molecule has 0 amide bonds. The molecular weight excluding hydrogens is 206 g/mol. The summed E-state index contributed by atoms with van der Waals surface area (Å²) in [6.45, 7) is 5.76. The number of nitrogens with zero attached hydrogens (tertiary/aromatic N) is 3. The number of ether oxygens (including phenoxy) is 1. The van der Waals surface area contributed by atoms with Crippen molar-refractivity contribution in [3.63, 3.8) is 0 Å². The van der Waals surface area contributed by atoms with Gasteiger partial charge in [-0.3, -0.25) is 5.10 Å². The van der Waals surface area contributed by atoms with Gasteiger partial charge >= 0.3 is 0 Å². The maximum absolute atomic E-state index is 5.01. The molecule has 0 spiro atoms. The number of piperazine rings is 1. The molecule has 0 aromatic carbocycles. The van der Waals surface area contributed by atoms with Crippen LogP contribution >= 0.6 is 0 Å². The van der Waals surface area contributed by atoms with Crippen LogP contribution in [-0.2, 0) is 11.2 Å². The summed E-state index contributed by atoms with van der Waals surface area (Å²) in [6, 6.07) is 0.495. The minimum absolute atomic E-state index is 0.495. The van der Waals surface area contributed by atoms with Gasteiger partial charge < -0.3 is 15.0 Å². The summed E-state index contributed by atoms with van der Waals surface area (Å²) in [4.78, 5) is 6.66. The molecule has 1 saturated heterocycles. The van der Waals surface area contributed by atoms with E-state index < -0.39 is 0 Å². The van der Waals surface area contributed by atoms with E-state index in [0.717, 1.165) is 37.8 Å². The molecule has 1 aromatic heterocycles. The van der Waals surface area contributed by atoms with E-state index in [-0.39, 0.29) is 0 Å². The molecule has 16 heavy (non-hydrogen) atoms. The molecule has 2 heterocycles. The SMILES string of the molecule is COCCc1nc(N2CCN[C@H](C)C2)n[nH]1. The number of H-pyrrole nitrogens is 1. The number of hydrogen-bond acceptors (Lipinski definition) is 5. The predicted molar refractivity (Wildman–Crippen MR) is 61.6 cm³/mol. The Kier molecular flexibility index (Phi) is 3.74. The Balaban J connectivity index is 1.95. The van der Waals surface area contributed by atoms with Gasteiger partial charge in [0.25, 0.3) is 0 Å². The number of nitrogens with one attached hydrogen (secondary N) is 2. The summed E-state index contributed by atoms with van der Waals surface area (Å²) in [5.41, 5.74) is 0. The van der Waals surface area contributed by atoms with Crippen LogP contribution in [0.5, 0.6) is 0 Å². The van der Waals surface area contributed by atoms with Crippen molar-refractivity contribution in [2.75, 3.05) is 38.3 Å². The fourth-order valence-corrected chi connectivity index (χ4v) is 1.85. The lowest BCUT2D eigenvalue weighted by Crippen LogP contribution is -2.49. The second kappa shape index (κ2) is 5.27. The van der Waals surface area contributed by atoms with Crippen molar-refractivity contribution in [3.05, 3.63) is 5.82 Å². The summed E-state index contributed by atoms with van der Waals surface area (Å²) >= 11 is 0. The average Bonchev–Trinajstić information content (AvgIpc) is 2.75. The fraction of sp³-hybridized carbons (Fsp3) is 0.800.